The van der Waals surface area contributed by atoms with Gasteiger partial charge in [0.15, 0.2) is 14.0 Å². The van der Waals surface area contributed by atoms with E-state index in [4.69, 9.17) is 0 Å². The van der Waals surface area contributed by atoms with Gasteiger partial charge in [-0.3, -0.25) is 0 Å². The summed E-state index contributed by atoms with van der Waals surface area (Å²) in [6.07, 6.45) is 17.5. The Balaban J connectivity index is 1.94. The molecule has 0 aliphatic heterocycles. The van der Waals surface area contributed by atoms with Crippen LogP contribution in [0.15, 0.2) is 32.6 Å². The predicted octanol–water partition coefficient (Wildman–Crippen LogP) is 4.11. The van der Waals surface area contributed by atoms with Gasteiger partial charge in [-0.1, -0.05) is 57.8 Å². The molecule has 0 aromatic carbocycles. The first-order valence-electron chi connectivity index (χ1n) is 13.5. The first kappa shape index (κ1) is 29.1. The van der Waals surface area contributed by atoms with Crippen LogP contribution in [0.4, 0.5) is 0 Å². The van der Waals surface area contributed by atoms with E-state index in [0.717, 1.165) is 115 Å². The average Bonchev–Trinajstić information content (AvgIpc) is 2.90. The molecule has 11 heteroatoms. The molecule has 3 fully saturated rings. The molecule has 204 valence electrons. The maximum atomic E-state index is 13.6. The molecule has 3 rings (SSSR count). The third-order valence-corrected chi connectivity index (χ3v) is 11.7. The number of nitrogens with one attached hydrogen (secondary N) is 3. The van der Waals surface area contributed by atoms with Crippen LogP contribution in [-0.2, 0) is 19.7 Å². The summed E-state index contributed by atoms with van der Waals surface area (Å²) in [6, 6.07) is 3.34. The summed E-state index contributed by atoms with van der Waals surface area (Å²) < 4.78 is 53.5. The van der Waals surface area contributed by atoms with Crippen LogP contribution in [0, 0.1) is 22.7 Å². The summed E-state index contributed by atoms with van der Waals surface area (Å²) in [7, 11) is -9.48. The molecule has 3 N–H and O–H groups in total. The average molecular weight is 550 g/mol. The molecule has 0 heterocycles. The Bertz CT molecular complexity index is 1080. The van der Waals surface area contributed by atoms with Gasteiger partial charge in [-0.05, 0) is 38.5 Å². The highest BCUT2D eigenvalue weighted by Gasteiger charge is 2.38. The molecule has 0 aromatic rings. The Kier molecular flexibility index (Phi) is 10.9. The maximum absolute atomic E-state index is 13.6. The third-order valence-electron chi connectivity index (χ3n) is 7.48. The van der Waals surface area contributed by atoms with Crippen LogP contribution in [-0.4, -0.2) is 35.0 Å². The fourth-order valence-corrected chi connectivity index (χ4v) is 8.50. The standard InChI is InChI=1S/C26H39N5O4S2/c27-16-24(18-29-21-10-4-1-5-11-21)36(32,33)26(20-31-23-14-8-3-9-15-23)37(34,35)25(17-28)19-30-22-12-6-2-7-13-22/h18-23,29-31H,1-15H2. The monoisotopic (exact) mass is 549 g/mol. The minimum absolute atomic E-state index is 0.0333. The van der Waals surface area contributed by atoms with E-state index in [-0.39, 0.29) is 18.1 Å². The molecule has 0 aromatic heterocycles. The highest BCUT2D eigenvalue weighted by Crippen LogP contribution is 2.28. The van der Waals surface area contributed by atoms with Gasteiger partial charge in [0.05, 0.1) is 0 Å². The van der Waals surface area contributed by atoms with Crippen molar-refractivity contribution in [2.45, 2.75) is 114 Å². The second-order valence-electron chi connectivity index (χ2n) is 10.2. The molecule has 3 aliphatic carbocycles. The van der Waals surface area contributed by atoms with Crippen LogP contribution in [0.3, 0.4) is 0 Å². The fourth-order valence-electron chi connectivity index (χ4n) is 5.24. The summed E-state index contributed by atoms with van der Waals surface area (Å²) in [5, 5.41) is 28.4. The van der Waals surface area contributed by atoms with Crippen LogP contribution in [0.1, 0.15) is 96.3 Å². The first-order chi connectivity index (χ1) is 17.8. The summed E-state index contributed by atoms with van der Waals surface area (Å²) in [5.41, 5.74) is 0. The van der Waals surface area contributed by atoms with Crippen LogP contribution >= 0.6 is 0 Å². The van der Waals surface area contributed by atoms with Crippen molar-refractivity contribution in [2.24, 2.45) is 0 Å². The first-order valence-corrected chi connectivity index (χ1v) is 16.4. The third kappa shape index (κ3) is 7.99. The lowest BCUT2D eigenvalue weighted by Gasteiger charge is -2.23. The van der Waals surface area contributed by atoms with Crippen LogP contribution in [0.25, 0.3) is 0 Å². The molecule has 0 spiro atoms. The summed E-state index contributed by atoms with van der Waals surface area (Å²) in [5.74, 6) is 0. The Morgan fingerprint density at radius 1 is 0.541 bits per heavy atom. The predicted molar refractivity (Wildman–Crippen MR) is 143 cm³/mol. The normalized spacial score (nSPS) is 21.4. The van der Waals surface area contributed by atoms with Gasteiger partial charge >= 0.3 is 0 Å². The Labute approximate surface area is 221 Å². The summed E-state index contributed by atoms with van der Waals surface area (Å²) in [6.45, 7) is 0. The van der Waals surface area contributed by atoms with Crippen molar-refractivity contribution < 1.29 is 16.8 Å². The minimum atomic E-state index is -4.74. The van der Waals surface area contributed by atoms with Crippen LogP contribution in [0.2, 0.25) is 0 Å². The van der Waals surface area contributed by atoms with E-state index >= 15 is 0 Å². The van der Waals surface area contributed by atoms with Crippen molar-refractivity contribution in [3.8, 4) is 12.1 Å². The van der Waals surface area contributed by atoms with Gasteiger partial charge in [-0.25, -0.2) is 16.8 Å². The number of hydrogen-bond donors (Lipinski definition) is 3. The zero-order chi connectivity index (χ0) is 26.7. The van der Waals surface area contributed by atoms with Crippen molar-refractivity contribution in [1.29, 1.82) is 10.5 Å². The smallest absolute Gasteiger partial charge is 0.230 e. The molecule has 0 bridgehead atoms. The molecule has 0 radical (unpaired) electrons. The molecule has 3 aliphatic rings. The summed E-state index contributed by atoms with van der Waals surface area (Å²) in [4.78, 5) is -1.37. The van der Waals surface area contributed by atoms with E-state index in [9.17, 15) is 27.4 Å². The van der Waals surface area contributed by atoms with Gasteiger partial charge in [-0.15, -0.1) is 0 Å². The molecule has 3 saturated carbocycles. The second kappa shape index (κ2) is 13.9. The molecule has 0 saturated heterocycles. The van der Waals surface area contributed by atoms with Crippen LogP contribution < -0.4 is 16.0 Å². The van der Waals surface area contributed by atoms with Gasteiger partial charge in [0.1, 0.15) is 12.1 Å². The minimum Gasteiger partial charge on any atom is -0.387 e. The highest BCUT2D eigenvalue weighted by molar-refractivity contribution is 8.17. The fraction of sp³-hybridized carbons (Fsp3) is 0.692. The van der Waals surface area contributed by atoms with Crippen LogP contribution in [0.5, 0.6) is 0 Å². The molecule has 0 unspecified atom stereocenters. The summed E-state index contributed by atoms with van der Waals surface area (Å²) >= 11 is 0. The van der Waals surface area contributed by atoms with E-state index in [1.54, 1.807) is 12.1 Å². The molecular formula is C26H39N5O4S2. The zero-order valence-electron chi connectivity index (χ0n) is 21.4. The van der Waals surface area contributed by atoms with E-state index in [0.29, 0.717) is 0 Å². The molecule has 37 heavy (non-hydrogen) atoms. The van der Waals surface area contributed by atoms with E-state index in [1.807, 2.05) is 0 Å². The van der Waals surface area contributed by atoms with Gasteiger partial charge in [0.25, 0.3) is 0 Å². The Morgan fingerprint density at radius 2 is 0.838 bits per heavy atom. The topological polar surface area (TPSA) is 152 Å². The number of allylic oxidation sites excluding steroid dienone is 2. The number of rotatable bonds is 10. The van der Waals surface area contributed by atoms with Crippen molar-refractivity contribution in [1.82, 2.24) is 16.0 Å². The van der Waals surface area contributed by atoms with E-state index < -0.39 is 33.7 Å². The van der Waals surface area contributed by atoms with E-state index in [1.165, 1.54) is 0 Å². The lowest BCUT2D eigenvalue weighted by atomic mass is 9.96. The Hall–Kier alpha value is -2.50. The number of hydrogen-bond acceptors (Lipinski definition) is 9. The molecule has 0 amide bonds. The quantitative estimate of drug-likeness (QED) is 0.342. The largest absolute Gasteiger partial charge is 0.387 e. The highest BCUT2D eigenvalue weighted by atomic mass is 32.3. The van der Waals surface area contributed by atoms with Crippen molar-refractivity contribution in [2.75, 3.05) is 0 Å². The number of sulfone groups is 2. The second-order valence-corrected chi connectivity index (χ2v) is 14.2. The van der Waals surface area contributed by atoms with Crippen molar-refractivity contribution in [3.63, 3.8) is 0 Å². The molecule has 9 nitrogen and oxygen atoms in total. The zero-order valence-corrected chi connectivity index (χ0v) is 23.0. The van der Waals surface area contributed by atoms with Gasteiger partial charge in [0.2, 0.25) is 19.7 Å². The molecular weight excluding hydrogens is 510 g/mol. The molecule has 0 atom stereocenters. The lowest BCUT2D eigenvalue weighted by molar-refractivity contribution is 0.404. The van der Waals surface area contributed by atoms with Gasteiger partial charge in [-0.2, -0.15) is 10.5 Å². The van der Waals surface area contributed by atoms with Gasteiger partial charge in [0, 0.05) is 36.7 Å². The maximum Gasteiger partial charge on any atom is 0.230 e. The van der Waals surface area contributed by atoms with E-state index in [2.05, 4.69) is 16.0 Å². The number of nitrogens with zero attached hydrogens (tertiary/aromatic N) is 2. The lowest BCUT2D eigenvalue weighted by Crippen LogP contribution is -2.31. The number of nitriles is 2. The van der Waals surface area contributed by atoms with Gasteiger partial charge < -0.3 is 16.0 Å². The van der Waals surface area contributed by atoms with Crippen molar-refractivity contribution >= 4 is 19.7 Å². The van der Waals surface area contributed by atoms with Crippen molar-refractivity contribution in [3.05, 3.63) is 32.6 Å². The Morgan fingerprint density at radius 3 is 1.14 bits per heavy atom. The SMILES string of the molecule is N#CC(=CNC1CCCCC1)S(=O)(=O)C(=CNC1CCCCC1)S(=O)(=O)C(C#N)=CNC1CCCCC1.